The zero-order valence-corrected chi connectivity index (χ0v) is 18.2. The minimum absolute atomic E-state index is 0. The van der Waals surface area contributed by atoms with Gasteiger partial charge >= 0.3 is 12.5 Å². The summed E-state index contributed by atoms with van der Waals surface area (Å²) in [5, 5.41) is 3.31. The smallest absolute Gasteiger partial charge is 0.406 e. The van der Waals surface area contributed by atoms with Crippen LogP contribution in [0.25, 0.3) is 0 Å². The van der Waals surface area contributed by atoms with Crippen molar-refractivity contribution in [2.45, 2.75) is 18.6 Å². The fourth-order valence-electron chi connectivity index (χ4n) is 3.31. The molecule has 31 heavy (non-hydrogen) atoms. The maximum atomic E-state index is 13.2. The molecule has 174 valence electrons. The third kappa shape index (κ3) is 7.32. The lowest BCUT2D eigenvalue weighted by molar-refractivity contribution is -0.274. The summed E-state index contributed by atoms with van der Waals surface area (Å²) in [7, 11) is 0. The van der Waals surface area contributed by atoms with E-state index >= 15 is 0 Å². The first-order valence-electron chi connectivity index (χ1n) is 8.72. The normalized spacial score (nSPS) is 16.1. The second-order valence-electron chi connectivity index (χ2n) is 6.54. The molecule has 3 rings (SSSR count). The number of nitrogens with one attached hydrogen (secondary N) is 1. The van der Waals surface area contributed by atoms with E-state index in [1.54, 1.807) is 0 Å². The Kier molecular flexibility index (Phi) is 9.77. The zero-order chi connectivity index (χ0) is 21.2. The van der Waals surface area contributed by atoms with E-state index < -0.39 is 29.9 Å². The van der Waals surface area contributed by atoms with Crippen molar-refractivity contribution in [1.29, 1.82) is 0 Å². The molecule has 0 aliphatic carbocycles. The van der Waals surface area contributed by atoms with Crippen molar-refractivity contribution >= 4 is 36.4 Å². The van der Waals surface area contributed by atoms with E-state index in [-0.39, 0.29) is 35.4 Å². The van der Waals surface area contributed by atoms with Gasteiger partial charge in [-0.05, 0) is 41.5 Å². The monoisotopic (exact) mass is 510 g/mol. The largest absolute Gasteiger partial charge is 0.573 e. The van der Waals surface area contributed by atoms with E-state index in [0.29, 0.717) is 31.7 Å². The van der Waals surface area contributed by atoms with Crippen LogP contribution in [0.3, 0.4) is 0 Å². The van der Waals surface area contributed by atoms with Crippen molar-refractivity contribution < 1.29 is 31.1 Å². The molecule has 0 saturated carbocycles. The maximum absolute atomic E-state index is 13.2. The van der Waals surface area contributed by atoms with Gasteiger partial charge in [0.2, 0.25) is 0 Å². The third-order valence-electron chi connectivity index (χ3n) is 4.56. The number of hydrogen-bond acceptors (Lipinski definition) is 3. The highest BCUT2D eigenvalue weighted by Gasteiger charge is 2.34. The molecular weight excluding hydrogens is 493 g/mol. The van der Waals surface area contributed by atoms with Crippen LogP contribution in [0.4, 0.5) is 26.3 Å². The van der Waals surface area contributed by atoms with Crippen LogP contribution in [0.2, 0.25) is 5.02 Å². The Balaban J connectivity index is 0.00000240. The lowest BCUT2D eigenvalue weighted by Crippen LogP contribution is -2.45. The molecule has 1 aliphatic rings. The third-order valence-corrected chi connectivity index (χ3v) is 4.91. The van der Waals surface area contributed by atoms with Gasteiger partial charge in [0.15, 0.2) is 0 Å². The number of alkyl halides is 6. The minimum atomic E-state index is -4.83. The van der Waals surface area contributed by atoms with Crippen molar-refractivity contribution in [2.75, 3.05) is 26.2 Å². The summed E-state index contributed by atoms with van der Waals surface area (Å²) in [6, 6.07) is 7.53. The topological polar surface area (TPSA) is 24.5 Å². The summed E-state index contributed by atoms with van der Waals surface area (Å²) in [4.78, 5) is 1.94. The molecule has 2 aromatic carbocycles. The van der Waals surface area contributed by atoms with Gasteiger partial charge in [-0.25, -0.2) is 0 Å². The van der Waals surface area contributed by atoms with E-state index in [1.165, 1.54) is 18.2 Å². The first kappa shape index (κ1) is 27.6. The van der Waals surface area contributed by atoms with Crippen LogP contribution >= 0.6 is 36.4 Å². The number of nitrogens with zero attached hydrogens (tertiary/aromatic N) is 1. The van der Waals surface area contributed by atoms with Crippen molar-refractivity contribution in [3.63, 3.8) is 0 Å². The summed E-state index contributed by atoms with van der Waals surface area (Å²) < 4.78 is 80.8. The zero-order valence-electron chi connectivity index (χ0n) is 15.8. The molecule has 1 heterocycles. The maximum Gasteiger partial charge on any atom is 0.573 e. The van der Waals surface area contributed by atoms with Gasteiger partial charge in [0.1, 0.15) is 5.75 Å². The SMILES string of the molecule is Cl.Cl.FC(F)(F)Oc1ccc([C@H](c2cc(C(F)(F)F)ccc2Cl)N2CCNCC2)cc1. The second kappa shape index (κ2) is 11.0. The molecule has 1 saturated heterocycles. The van der Waals surface area contributed by atoms with Crippen LogP contribution in [0.5, 0.6) is 5.75 Å². The van der Waals surface area contributed by atoms with Crippen LogP contribution in [-0.4, -0.2) is 37.4 Å². The first-order chi connectivity index (χ1) is 13.5. The van der Waals surface area contributed by atoms with Gasteiger partial charge in [-0.1, -0.05) is 23.7 Å². The highest BCUT2D eigenvalue weighted by Crippen LogP contribution is 2.38. The van der Waals surface area contributed by atoms with Gasteiger partial charge in [0, 0.05) is 31.2 Å². The summed E-state index contributed by atoms with van der Waals surface area (Å²) >= 11 is 6.25. The standard InChI is InChI=1S/C19H17ClF6N2O.2ClH/c20-16-6-3-13(18(21,22)23)11-15(16)17(28-9-7-27-8-10-28)12-1-4-14(5-2-12)29-19(24,25)26;;/h1-6,11,17,27H,7-10H2;2*1H/t17-;;/m1../s1. The molecule has 0 radical (unpaired) electrons. The van der Waals surface area contributed by atoms with E-state index in [1.807, 2.05) is 4.90 Å². The van der Waals surface area contributed by atoms with Gasteiger partial charge in [-0.2, -0.15) is 13.2 Å². The van der Waals surface area contributed by atoms with Crippen molar-refractivity contribution in [3.8, 4) is 5.75 Å². The van der Waals surface area contributed by atoms with Crippen molar-refractivity contribution in [2.24, 2.45) is 0 Å². The van der Waals surface area contributed by atoms with Gasteiger partial charge in [0.25, 0.3) is 0 Å². The van der Waals surface area contributed by atoms with Gasteiger partial charge < -0.3 is 10.1 Å². The number of halogens is 9. The fraction of sp³-hybridized carbons (Fsp3) is 0.368. The molecule has 0 aromatic heterocycles. The van der Waals surface area contributed by atoms with Crippen LogP contribution in [-0.2, 0) is 6.18 Å². The van der Waals surface area contributed by atoms with Crippen LogP contribution in [0.15, 0.2) is 42.5 Å². The molecule has 0 spiro atoms. The molecule has 3 nitrogen and oxygen atoms in total. The average Bonchev–Trinajstić information content (AvgIpc) is 2.63. The molecule has 1 atom stereocenters. The second-order valence-corrected chi connectivity index (χ2v) is 6.95. The quantitative estimate of drug-likeness (QED) is 0.503. The van der Waals surface area contributed by atoms with E-state index in [2.05, 4.69) is 10.1 Å². The lowest BCUT2D eigenvalue weighted by atomic mass is 9.94. The Hall–Kier alpha value is -1.39. The molecule has 12 heteroatoms. The van der Waals surface area contributed by atoms with Crippen LogP contribution in [0.1, 0.15) is 22.7 Å². The van der Waals surface area contributed by atoms with Crippen LogP contribution in [0, 0.1) is 0 Å². The first-order valence-corrected chi connectivity index (χ1v) is 9.09. The van der Waals surface area contributed by atoms with Gasteiger partial charge in [-0.3, -0.25) is 4.90 Å². The molecule has 1 N–H and O–H groups in total. The number of benzene rings is 2. The van der Waals surface area contributed by atoms with E-state index in [9.17, 15) is 26.3 Å². The van der Waals surface area contributed by atoms with E-state index in [4.69, 9.17) is 11.6 Å². The van der Waals surface area contributed by atoms with Gasteiger partial charge in [-0.15, -0.1) is 38.0 Å². The molecule has 0 bridgehead atoms. The molecular formula is C19H19Cl3F6N2O. The number of hydrogen-bond donors (Lipinski definition) is 1. The Bertz CT molecular complexity index is 840. The number of ether oxygens (including phenoxy) is 1. The Morgan fingerprint density at radius 1 is 0.903 bits per heavy atom. The molecule has 1 fully saturated rings. The summed E-state index contributed by atoms with van der Waals surface area (Å²) in [5.41, 5.74) is -0.0791. The Morgan fingerprint density at radius 2 is 1.48 bits per heavy atom. The molecule has 1 aliphatic heterocycles. The fourth-order valence-corrected chi connectivity index (χ4v) is 3.53. The summed E-state index contributed by atoms with van der Waals surface area (Å²) in [6.45, 7) is 2.33. The highest BCUT2D eigenvalue weighted by atomic mass is 35.5. The Morgan fingerprint density at radius 3 is 2.00 bits per heavy atom. The molecule has 0 amide bonds. The molecule has 0 unspecified atom stereocenters. The summed E-state index contributed by atoms with van der Waals surface area (Å²) in [5.74, 6) is -0.407. The average molecular weight is 512 g/mol. The Labute approximate surface area is 192 Å². The molecule has 2 aromatic rings. The summed E-state index contributed by atoms with van der Waals surface area (Å²) in [6.07, 6.45) is -9.37. The van der Waals surface area contributed by atoms with E-state index in [0.717, 1.165) is 24.3 Å². The predicted octanol–water partition coefficient (Wildman–Crippen LogP) is 6.10. The van der Waals surface area contributed by atoms with Crippen LogP contribution < -0.4 is 10.1 Å². The predicted molar refractivity (Wildman–Crippen MR) is 110 cm³/mol. The van der Waals surface area contributed by atoms with Gasteiger partial charge in [0.05, 0.1) is 11.6 Å². The minimum Gasteiger partial charge on any atom is -0.406 e. The van der Waals surface area contributed by atoms with Crippen molar-refractivity contribution in [3.05, 3.63) is 64.2 Å². The van der Waals surface area contributed by atoms with Crippen molar-refractivity contribution in [1.82, 2.24) is 10.2 Å². The highest BCUT2D eigenvalue weighted by molar-refractivity contribution is 6.31. The number of rotatable bonds is 4. The number of piperazine rings is 1. The lowest BCUT2D eigenvalue weighted by Gasteiger charge is -2.36.